The lowest BCUT2D eigenvalue weighted by Crippen LogP contribution is -2.39. The first-order valence-electron chi connectivity index (χ1n) is 9.18. The Morgan fingerprint density at radius 2 is 1.93 bits per heavy atom. The number of urea groups is 1. The summed E-state index contributed by atoms with van der Waals surface area (Å²) < 4.78 is 5.41. The van der Waals surface area contributed by atoms with Crippen LogP contribution in [0.3, 0.4) is 0 Å². The van der Waals surface area contributed by atoms with Gasteiger partial charge in [0, 0.05) is 29.9 Å². The Morgan fingerprint density at radius 1 is 1.18 bits per heavy atom. The number of benzene rings is 2. The molecule has 0 radical (unpaired) electrons. The Labute approximate surface area is 163 Å². The maximum absolute atomic E-state index is 12.3. The van der Waals surface area contributed by atoms with Crippen LogP contribution < -0.4 is 20.3 Å². The minimum atomic E-state index is -0.410. The lowest BCUT2D eigenvalue weighted by atomic mass is 10.1. The molecule has 2 N–H and O–H groups in total. The summed E-state index contributed by atoms with van der Waals surface area (Å²) in [5.41, 5.74) is 1.82. The second kappa shape index (κ2) is 8.56. The molecule has 1 heterocycles. The van der Waals surface area contributed by atoms with Gasteiger partial charge in [-0.15, -0.1) is 0 Å². The molecule has 1 atom stereocenters. The van der Waals surface area contributed by atoms with Gasteiger partial charge in [0.25, 0.3) is 0 Å². The van der Waals surface area contributed by atoms with E-state index in [-0.39, 0.29) is 24.2 Å². The fourth-order valence-corrected chi connectivity index (χ4v) is 3.11. The fourth-order valence-electron chi connectivity index (χ4n) is 3.11. The van der Waals surface area contributed by atoms with Gasteiger partial charge >= 0.3 is 6.03 Å². The summed E-state index contributed by atoms with van der Waals surface area (Å²) in [6, 6.07) is 13.3. The lowest BCUT2D eigenvalue weighted by Gasteiger charge is -2.18. The summed E-state index contributed by atoms with van der Waals surface area (Å²) in [5.74, 6) is 0.629. The third kappa shape index (κ3) is 4.68. The maximum Gasteiger partial charge on any atom is 0.319 e. The van der Waals surface area contributed by atoms with E-state index in [9.17, 15) is 14.4 Å². The number of nitrogens with zero attached hydrogens (tertiary/aromatic N) is 1. The van der Waals surface area contributed by atoms with Gasteiger partial charge in [-0.2, -0.15) is 0 Å². The van der Waals surface area contributed by atoms with Gasteiger partial charge in [-0.25, -0.2) is 4.79 Å². The molecule has 0 saturated carbocycles. The molecule has 0 unspecified atom stereocenters. The number of hydrogen-bond acceptors (Lipinski definition) is 4. The van der Waals surface area contributed by atoms with E-state index in [1.807, 2.05) is 31.2 Å². The number of anilines is 2. The average molecular weight is 381 g/mol. The summed E-state index contributed by atoms with van der Waals surface area (Å²) in [4.78, 5) is 37.7. The Hall–Kier alpha value is -3.35. The topological polar surface area (TPSA) is 87.7 Å². The Balaban J connectivity index is 1.58. The highest BCUT2D eigenvalue weighted by Gasteiger charge is 2.31. The molecule has 1 fully saturated rings. The Bertz CT molecular complexity index is 879. The molecule has 3 amide bonds. The Kier molecular flexibility index (Phi) is 5.93. The molecular weight excluding hydrogens is 358 g/mol. The second-order valence-corrected chi connectivity index (χ2v) is 6.57. The molecule has 1 saturated heterocycles. The van der Waals surface area contributed by atoms with Crippen molar-refractivity contribution in [3.8, 4) is 5.75 Å². The van der Waals surface area contributed by atoms with Crippen LogP contribution in [0.25, 0.3) is 0 Å². The van der Waals surface area contributed by atoms with Crippen LogP contribution in [-0.4, -0.2) is 36.9 Å². The van der Waals surface area contributed by atoms with E-state index in [1.165, 1.54) is 6.92 Å². The van der Waals surface area contributed by atoms with Gasteiger partial charge in [0.1, 0.15) is 5.75 Å². The monoisotopic (exact) mass is 381 g/mol. The van der Waals surface area contributed by atoms with E-state index in [4.69, 9.17) is 4.74 Å². The zero-order valence-electron chi connectivity index (χ0n) is 15.9. The van der Waals surface area contributed by atoms with Gasteiger partial charge in [0.2, 0.25) is 5.91 Å². The zero-order chi connectivity index (χ0) is 20.1. The second-order valence-electron chi connectivity index (χ2n) is 6.57. The first kappa shape index (κ1) is 19.4. The number of rotatable bonds is 6. The third-order valence-corrected chi connectivity index (χ3v) is 4.45. The molecule has 2 aromatic carbocycles. The van der Waals surface area contributed by atoms with Crippen LogP contribution in [0.4, 0.5) is 16.2 Å². The Morgan fingerprint density at radius 3 is 2.61 bits per heavy atom. The number of nitrogens with one attached hydrogen (secondary N) is 2. The molecule has 0 bridgehead atoms. The summed E-state index contributed by atoms with van der Waals surface area (Å²) in [5, 5.41) is 5.52. The minimum Gasteiger partial charge on any atom is -0.494 e. The van der Waals surface area contributed by atoms with Crippen LogP contribution in [0.15, 0.2) is 48.5 Å². The molecule has 3 rings (SSSR count). The van der Waals surface area contributed by atoms with E-state index in [1.54, 1.807) is 29.2 Å². The van der Waals surface area contributed by atoms with E-state index in [0.717, 1.165) is 11.4 Å². The number of ether oxygens (including phenoxy) is 1. The van der Waals surface area contributed by atoms with Crippen molar-refractivity contribution in [3.05, 3.63) is 54.1 Å². The quantitative estimate of drug-likeness (QED) is 0.752. The molecule has 0 aliphatic carbocycles. The third-order valence-electron chi connectivity index (χ3n) is 4.45. The van der Waals surface area contributed by atoms with Crippen LogP contribution in [0.2, 0.25) is 0 Å². The average Bonchev–Trinajstić information content (AvgIpc) is 3.02. The largest absolute Gasteiger partial charge is 0.494 e. The fraction of sp³-hybridized carbons (Fsp3) is 0.286. The lowest BCUT2D eigenvalue weighted by molar-refractivity contribution is -0.117. The zero-order valence-corrected chi connectivity index (χ0v) is 15.9. The molecule has 2 aromatic rings. The number of amides is 3. The number of Topliss-reactive ketones (excluding diaryl/α,β-unsaturated/α-hetero) is 1. The van der Waals surface area contributed by atoms with Crippen LogP contribution in [0, 0.1) is 0 Å². The summed E-state index contributed by atoms with van der Waals surface area (Å²) in [7, 11) is 0. The van der Waals surface area contributed by atoms with E-state index >= 15 is 0 Å². The summed E-state index contributed by atoms with van der Waals surface area (Å²) in [6.07, 6.45) is 0.230. The normalized spacial score (nSPS) is 16.0. The number of carbonyl (C=O) groups excluding carboxylic acids is 3. The standard InChI is InChI=1S/C21H23N3O4/c1-3-28-19-9-7-18(8-10-19)24-13-17(12-20(24)26)23-21(27)22-16-6-4-5-15(11-16)14(2)25/h4-11,17H,3,12-13H2,1-2H3,(H2,22,23,27)/t17-/m0/s1. The molecule has 1 aliphatic rings. The van der Waals surface area contributed by atoms with E-state index in [2.05, 4.69) is 10.6 Å². The highest BCUT2D eigenvalue weighted by molar-refractivity contribution is 5.98. The van der Waals surface area contributed by atoms with Crippen molar-refractivity contribution in [2.75, 3.05) is 23.4 Å². The van der Waals surface area contributed by atoms with Crippen molar-refractivity contribution < 1.29 is 19.1 Å². The van der Waals surface area contributed by atoms with E-state index in [0.29, 0.717) is 24.4 Å². The van der Waals surface area contributed by atoms with Crippen LogP contribution in [0.5, 0.6) is 5.75 Å². The predicted octanol–water partition coefficient (Wildman–Crippen LogP) is 3.21. The van der Waals surface area contributed by atoms with Gasteiger partial charge in [0.15, 0.2) is 5.78 Å². The van der Waals surface area contributed by atoms with Gasteiger partial charge in [-0.1, -0.05) is 12.1 Å². The van der Waals surface area contributed by atoms with Gasteiger partial charge in [0.05, 0.1) is 12.6 Å². The van der Waals surface area contributed by atoms with Crippen molar-refractivity contribution in [2.24, 2.45) is 0 Å². The first-order chi connectivity index (χ1) is 13.5. The molecule has 0 aromatic heterocycles. The molecule has 1 aliphatic heterocycles. The van der Waals surface area contributed by atoms with Crippen LogP contribution in [0.1, 0.15) is 30.6 Å². The van der Waals surface area contributed by atoms with E-state index < -0.39 is 6.03 Å². The van der Waals surface area contributed by atoms with Gasteiger partial charge < -0.3 is 20.3 Å². The molecule has 0 spiro atoms. The van der Waals surface area contributed by atoms with Crippen molar-refractivity contribution in [1.29, 1.82) is 0 Å². The smallest absolute Gasteiger partial charge is 0.319 e. The van der Waals surface area contributed by atoms with Crippen LogP contribution in [-0.2, 0) is 4.79 Å². The van der Waals surface area contributed by atoms with Gasteiger partial charge in [-0.05, 0) is 50.2 Å². The van der Waals surface area contributed by atoms with Gasteiger partial charge in [-0.3, -0.25) is 9.59 Å². The predicted molar refractivity (Wildman–Crippen MR) is 107 cm³/mol. The van der Waals surface area contributed by atoms with Crippen molar-refractivity contribution in [2.45, 2.75) is 26.3 Å². The number of ketones is 1. The van der Waals surface area contributed by atoms with Crippen molar-refractivity contribution in [1.82, 2.24) is 5.32 Å². The number of carbonyl (C=O) groups is 3. The number of hydrogen-bond donors (Lipinski definition) is 2. The SMILES string of the molecule is CCOc1ccc(N2C[C@@H](NC(=O)Nc3cccc(C(C)=O)c3)CC2=O)cc1. The first-order valence-corrected chi connectivity index (χ1v) is 9.18. The molecule has 28 heavy (non-hydrogen) atoms. The molecular formula is C21H23N3O4. The summed E-state index contributed by atoms with van der Waals surface area (Å²) >= 11 is 0. The van der Waals surface area contributed by atoms with Crippen molar-refractivity contribution in [3.63, 3.8) is 0 Å². The highest BCUT2D eigenvalue weighted by Crippen LogP contribution is 2.24. The van der Waals surface area contributed by atoms with Crippen molar-refractivity contribution >= 4 is 29.1 Å². The summed E-state index contributed by atoms with van der Waals surface area (Å²) in [6.45, 7) is 4.36. The van der Waals surface area contributed by atoms with Crippen LogP contribution >= 0.6 is 0 Å². The maximum atomic E-state index is 12.3. The molecule has 7 heteroatoms. The molecule has 146 valence electrons. The highest BCUT2D eigenvalue weighted by atomic mass is 16.5. The minimum absolute atomic E-state index is 0.0481. The molecule has 7 nitrogen and oxygen atoms in total.